The van der Waals surface area contributed by atoms with Gasteiger partial charge < -0.3 is 29.2 Å². The average molecular weight is 475 g/mol. The van der Waals surface area contributed by atoms with Gasteiger partial charge in [-0.05, 0) is 60.5 Å². The van der Waals surface area contributed by atoms with E-state index in [-0.39, 0.29) is 30.0 Å². The Hall–Kier alpha value is -2.48. The molecule has 1 aromatic carbocycles. The van der Waals surface area contributed by atoms with Gasteiger partial charge in [-0.15, -0.1) is 0 Å². The molecule has 0 saturated carbocycles. The molecule has 0 radical (unpaired) electrons. The normalized spacial score (nSPS) is 28.4. The van der Waals surface area contributed by atoms with Crippen molar-refractivity contribution in [1.29, 1.82) is 0 Å². The standard InChI is InChI=1S/C26H38N2O6/c1-15(27-24(30)34-25(2,3)4)23(29)28-12-11-19-16(14-28)13-18-21(32-19)17-9-8-10-20(31-7)22(17)33-26(18,5)6/h8-10,15-16,18-19,21H,11-14H2,1-7H3,(H,27,30)/t15-,16+,18-,19-,21+/m0/s1. The third kappa shape index (κ3) is 4.83. The highest BCUT2D eigenvalue weighted by Crippen LogP contribution is 2.55. The molecule has 0 spiro atoms. The maximum Gasteiger partial charge on any atom is 0.408 e. The van der Waals surface area contributed by atoms with E-state index < -0.39 is 23.3 Å². The summed E-state index contributed by atoms with van der Waals surface area (Å²) in [5.41, 5.74) is -0.0100. The quantitative estimate of drug-likeness (QED) is 0.711. The summed E-state index contributed by atoms with van der Waals surface area (Å²) in [5.74, 6) is 1.76. The van der Waals surface area contributed by atoms with Crippen molar-refractivity contribution < 1.29 is 28.5 Å². The van der Waals surface area contributed by atoms with Crippen molar-refractivity contribution in [3.8, 4) is 11.5 Å². The lowest BCUT2D eigenvalue weighted by molar-refractivity contribution is -0.189. The van der Waals surface area contributed by atoms with Crippen molar-refractivity contribution in [2.45, 2.75) is 83.8 Å². The lowest BCUT2D eigenvalue weighted by Crippen LogP contribution is -2.58. The van der Waals surface area contributed by atoms with Crippen molar-refractivity contribution in [3.63, 3.8) is 0 Å². The monoisotopic (exact) mass is 474 g/mol. The molecule has 3 aliphatic heterocycles. The lowest BCUT2D eigenvalue weighted by Gasteiger charge is -2.53. The minimum absolute atomic E-state index is 0.0647. The molecular formula is C26H38N2O6. The first-order valence-corrected chi connectivity index (χ1v) is 12.2. The Morgan fingerprint density at radius 2 is 2.00 bits per heavy atom. The number of amides is 2. The Bertz CT molecular complexity index is 940. The van der Waals surface area contributed by atoms with Crippen LogP contribution in [0.15, 0.2) is 18.2 Å². The van der Waals surface area contributed by atoms with Crippen LogP contribution < -0.4 is 14.8 Å². The number of rotatable bonds is 3. The fraction of sp³-hybridized carbons (Fsp3) is 0.692. The molecule has 3 aliphatic rings. The van der Waals surface area contributed by atoms with Gasteiger partial charge in [0.25, 0.3) is 0 Å². The fourth-order valence-electron chi connectivity index (χ4n) is 5.47. The number of carbonyl (C=O) groups excluding carboxylic acids is 2. The number of benzene rings is 1. The van der Waals surface area contributed by atoms with Gasteiger partial charge in [-0.2, -0.15) is 0 Å². The van der Waals surface area contributed by atoms with E-state index in [1.807, 2.05) is 17.0 Å². The molecule has 8 nitrogen and oxygen atoms in total. The van der Waals surface area contributed by atoms with Gasteiger partial charge in [-0.25, -0.2) is 4.79 Å². The van der Waals surface area contributed by atoms with E-state index in [0.29, 0.717) is 13.1 Å². The van der Waals surface area contributed by atoms with Crippen molar-refractivity contribution >= 4 is 12.0 Å². The van der Waals surface area contributed by atoms with Crippen LogP contribution in [0.1, 0.15) is 66.1 Å². The van der Waals surface area contributed by atoms with Gasteiger partial charge in [0, 0.05) is 30.5 Å². The van der Waals surface area contributed by atoms with Gasteiger partial charge in [0.05, 0.1) is 19.3 Å². The Labute approximate surface area is 202 Å². The van der Waals surface area contributed by atoms with E-state index in [1.54, 1.807) is 34.8 Å². The molecule has 0 aromatic heterocycles. The van der Waals surface area contributed by atoms with Crippen molar-refractivity contribution in [3.05, 3.63) is 23.8 Å². The number of hydrogen-bond acceptors (Lipinski definition) is 6. The van der Waals surface area contributed by atoms with E-state index in [0.717, 1.165) is 29.9 Å². The van der Waals surface area contributed by atoms with Crippen LogP contribution in [0, 0.1) is 11.8 Å². The SMILES string of the molecule is COc1cccc2c1OC(C)(C)[C@H]1C[C@@H]3CN(C(=O)[C@H](C)NC(=O)OC(C)(C)C)CC[C@@H]3O[C@H]21. The zero-order valence-electron chi connectivity index (χ0n) is 21.3. The fourth-order valence-corrected chi connectivity index (χ4v) is 5.47. The van der Waals surface area contributed by atoms with Gasteiger partial charge >= 0.3 is 6.09 Å². The first-order valence-electron chi connectivity index (χ1n) is 12.2. The predicted molar refractivity (Wildman–Crippen MR) is 127 cm³/mol. The van der Waals surface area contributed by atoms with E-state index in [4.69, 9.17) is 18.9 Å². The Morgan fingerprint density at radius 1 is 1.26 bits per heavy atom. The largest absolute Gasteiger partial charge is 0.493 e. The number of piperidine rings is 1. The number of para-hydroxylation sites is 1. The number of methoxy groups -OCH3 is 1. The van der Waals surface area contributed by atoms with E-state index in [9.17, 15) is 9.59 Å². The number of carbonyl (C=O) groups is 2. The smallest absolute Gasteiger partial charge is 0.408 e. The summed E-state index contributed by atoms with van der Waals surface area (Å²) < 4.78 is 24.0. The second-order valence-electron chi connectivity index (χ2n) is 11.2. The molecule has 0 aliphatic carbocycles. The molecule has 2 saturated heterocycles. The lowest BCUT2D eigenvalue weighted by atomic mass is 9.70. The molecule has 2 fully saturated rings. The molecule has 0 unspecified atom stereocenters. The van der Waals surface area contributed by atoms with Gasteiger partial charge in [0.15, 0.2) is 11.5 Å². The highest BCUT2D eigenvalue weighted by atomic mass is 16.6. The van der Waals surface area contributed by atoms with Gasteiger partial charge in [0.1, 0.15) is 17.2 Å². The number of ether oxygens (including phenoxy) is 4. The van der Waals surface area contributed by atoms with Crippen molar-refractivity contribution in [1.82, 2.24) is 10.2 Å². The summed E-state index contributed by atoms with van der Waals surface area (Å²) in [4.78, 5) is 27.1. The molecule has 1 aromatic rings. The van der Waals surface area contributed by atoms with Crippen LogP contribution in [0.3, 0.4) is 0 Å². The summed E-state index contributed by atoms with van der Waals surface area (Å²) in [7, 11) is 1.65. The average Bonchev–Trinajstić information content (AvgIpc) is 2.75. The molecular weight excluding hydrogens is 436 g/mol. The minimum atomic E-state index is -0.655. The highest BCUT2D eigenvalue weighted by Gasteiger charge is 2.52. The van der Waals surface area contributed by atoms with Gasteiger partial charge in [-0.3, -0.25) is 4.79 Å². The van der Waals surface area contributed by atoms with Crippen LogP contribution in [-0.4, -0.2) is 60.4 Å². The first kappa shape index (κ1) is 24.6. The van der Waals surface area contributed by atoms with E-state index in [2.05, 4.69) is 25.2 Å². The second-order valence-corrected chi connectivity index (χ2v) is 11.2. The van der Waals surface area contributed by atoms with Crippen molar-refractivity contribution in [2.75, 3.05) is 20.2 Å². The molecule has 3 heterocycles. The van der Waals surface area contributed by atoms with E-state index in [1.165, 1.54) is 0 Å². The molecule has 5 atom stereocenters. The van der Waals surface area contributed by atoms with Gasteiger partial charge in [0.2, 0.25) is 5.91 Å². The predicted octanol–water partition coefficient (Wildman–Crippen LogP) is 4.07. The van der Waals surface area contributed by atoms with Crippen LogP contribution in [-0.2, 0) is 14.3 Å². The summed E-state index contributed by atoms with van der Waals surface area (Å²) in [6.07, 6.45) is 1.09. The van der Waals surface area contributed by atoms with E-state index >= 15 is 0 Å². The van der Waals surface area contributed by atoms with Crippen LogP contribution in [0.4, 0.5) is 4.79 Å². The number of hydrogen-bond donors (Lipinski definition) is 1. The number of fused-ring (bicyclic) bond motifs is 4. The summed E-state index contributed by atoms with van der Waals surface area (Å²) in [6.45, 7) is 12.5. The third-order valence-electron chi connectivity index (χ3n) is 7.12. The summed E-state index contributed by atoms with van der Waals surface area (Å²) in [5, 5.41) is 2.67. The molecule has 34 heavy (non-hydrogen) atoms. The number of alkyl carbamates (subject to hydrolysis) is 1. The zero-order valence-corrected chi connectivity index (χ0v) is 21.3. The molecule has 4 rings (SSSR count). The number of nitrogens with zero attached hydrogens (tertiary/aromatic N) is 1. The maximum atomic E-state index is 13.1. The Kier molecular flexibility index (Phi) is 6.48. The zero-order chi connectivity index (χ0) is 24.8. The third-order valence-corrected chi connectivity index (χ3v) is 7.12. The summed E-state index contributed by atoms with van der Waals surface area (Å²) in [6, 6.07) is 5.30. The minimum Gasteiger partial charge on any atom is -0.493 e. The molecule has 1 N–H and O–H groups in total. The topological polar surface area (TPSA) is 86.3 Å². The highest BCUT2D eigenvalue weighted by molar-refractivity contribution is 5.85. The Balaban J connectivity index is 1.45. The summed E-state index contributed by atoms with van der Waals surface area (Å²) >= 11 is 0. The van der Waals surface area contributed by atoms with Crippen LogP contribution in [0.5, 0.6) is 11.5 Å². The maximum absolute atomic E-state index is 13.1. The molecule has 188 valence electrons. The Morgan fingerprint density at radius 3 is 2.68 bits per heavy atom. The van der Waals surface area contributed by atoms with Crippen LogP contribution >= 0.6 is 0 Å². The molecule has 2 amide bonds. The van der Waals surface area contributed by atoms with Gasteiger partial charge in [-0.1, -0.05) is 12.1 Å². The van der Waals surface area contributed by atoms with Crippen LogP contribution in [0.2, 0.25) is 0 Å². The van der Waals surface area contributed by atoms with Crippen LogP contribution in [0.25, 0.3) is 0 Å². The second kappa shape index (κ2) is 8.95. The molecule has 0 bridgehead atoms. The van der Waals surface area contributed by atoms with Crippen molar-refractivity contribution in [2.24, 2.45) is 11.8 Å². The number of nitrogens with one attached hydrogen (secondary N) is 1. The first-order chi connectivity index (χ1) is 15.9. The molecule has 8 heteroatoms. The number of likely N-dealkylation sites (tertiary alicyclic amines) is 1.